The van der Waals surface area contributed by atoms with Gasteiger partial charge in [0.25, 0.3) is 0 Å². The lowest BCUT2D eigenvalue weighted by Crippen LogP contribution is -2.35. The summed E-state index contributed by atoms with van der Waals surface area (Å²) in [6, 6.07) is 13.6. The van der Waals surface area contributed by atoms with E-state index < -0.39 is 5.41 Å². The van der Waals surface area contributed by atoms with Crippen molar-refractivity contribution in [2.45, 2.75) is 40.8 Å². The number of rotatable bonds is 6. The Morgan fingerprint density at radius 3 is 2.68 bits per heavy atom. The number of ether oxygens (including phenoxy) is 1. The Kier molecular flexibility index (Phi) is 5.94. The summed E-state index contributed by atoms with van der Waals surface area (Å²) in [6.07, 6.45) is 0. The van der Waals surface area contributed by atoms with Crippen LogP contribution in [-0.4, -0.2) is 22.1 Å². The smallest absolute Gasteiger partial charge is 0.225 e. The summed E-state index contributed by atoms with van der Waals surface area (Å²) in [5.74, 6) is 1.60. The van der Waals surface area contributed by atoms with Crippen LogP contribution in [0.4, 0.5) is 0 Å². The Labute approximate surface area is 170 Å². The number of imidazole rings is 1. The molecule has 3 rings (SSSR count). The van der Waals surface area contributed by atoms with Gasteiger partial charge < -0.3 is 14.6 Å². The summed E-state index contributed by atoms with van der Waals surface area (Å²) in [5.41, 5.74) is 2.48. The van der Waals surface area contributed by atoms with E-state index in [4.69, 9.17) is 21.3 Å². The molecule has 0 aliphatic carbocycles. The zero-order chi connectivity index (χ0) is 20.3. The number of fused-ring (bicyclic) bond motifs is 1. The van der Waals surface area contributed by atoms with Gasteiger partial charge in [0, 0.05) is 10.4 Å². The van der Waals surface area contributed by atoms with Crippen LogP contribution >= 0.6 is 11.6 Å². The zero-order valence-corrected chi connectivity index (χ0v) is 17.5. The van der Waals surface area contributed by atoms with Crippen molar-refractivity contribution in [3.8, 4) is 5.75 Å². The van der Waals surface area contributed by atoms with Crippen LogP contribution in [0.15, 0.2) is 42.5 Å². The van der Waals surface area contributed by atoms with Crippen LogP contribution in [0, 0.1) is 12.3 Å². The minimum atomic E-state index is -0.438. The molecule has 0 spiro atoms. The predicted octanol–water partition coefficient (Wildman–Crippen LogP) is 4.74. The average molecular weight is 400 g/mol. The zero-order valence-electron chi connectivity index (χ0n) is 16.8. The highest BCUT2D eigenvalue weighted by Crippen LogP contribution is 2.22. The molecule has 1 amide bonds. The molecule has 0 saturated heterocycles. The van der Waals surface area contributed by atoms with E-state index in [0.717, 1.165) is 33.2 Å². The van der Waals surface area contributed by atoms with E-state index in [-0.39, 0.29) is 5.91 Å². The minimum Gasteiger partial charge on any atom is -0.492 e. The number of nitrogens with one attached hydrogen (secondary N) is 1. The van der Waals surface area contributed by atoms with Gasteiger partial charge in [-0.15, -0.1) is 0 Å². The molecular formula is C22H26ClN3O2. The number of hydrogen-bond acceptors (Lipinski definition) is 3. The molecule has 0 atom stereocenters. The number of nitrogens with zero attached hydrogens (tertiary/aromatic N) is 2. The quantitative estimate of drug-likeness (QED) is 0.651. The van der Waals surface area contributed by atoms with E-state index in [0.29, 0.717) is 19.7 Å². The number of halogens is 1. The summed E-state index contributed by atoms with van der Waals surface area (Å²) in [6.45, 7) is 9.14. The Morgan fingerprint density at radius 1 is 1.21 bits per heavy atom. The molecule has 1 heterocycles. The molecule has 28 heavy (non-hydrogen) atoms. The third kappa shape index (κ3) is 4.65. The van der Waals surface area contributed by atoms with Gasteiger partial charge in [-0.25, -0.2) is 4.98 Å². The van der Waals surface area contributed by atoms with Gasteiger partial charge in [0.15, 0.2) is 0 Å². The Morgan fingerprint density at radius 2 is 1.96 bits per heavy atom. The Bertz CT molecular complexity index is 989. The van der Waals surface area contributed by atoms with Crippen molar-refractivity contribution in [2.24, 2.45) is 5.41 Å². The van der Waals surface area contributed by atoms with Crippen LogP contribution in [0.2, 0.25) is 5.02 Å². The Hall–Kier alpha value is -2.53. The molecule has 1 N–H and O–H groups in total. The van der Waals surface area contributed by atoms with Crippen molar-refractivity contribution in [1.29, 1.82) is 0 Å². The van der Waals surface area contributed by atoms with Gasteiger partial charge in [0.1, 0.15) is 18.2 Å². The van der Waals surface area contributed by atoms with Crippen molar-refractivity contribution in [3.05, 3.63) is 58.9 Å². The maximum atomic E-state index is 12.2. The standard InChI is InChI=1S/C22H26ClN3O2/c1-15-13-16(9-10-17(15)23)28-12-11-26-19-8-6-5-7-18(19)25-20(26)14-24-21(27)22(2,3)4/h5-10,13H,11-12,14H2,1-4H3,(H,24,27). The monoisotopic (exact) mass is 399 g/mol. The number of aryl methyl sites for hydroxylation is 1. The third-order valence-corrected chi connectivity index (χ3v) is 4.96. The molecule has 0 fully saturated rings. The van der Waals surface area contributed by atoms with E-state index in [1.54, 1.807) is 0 Å². The molecule has 0 aliphatic heterocycles. The average Bonchev–Trinajstić information content (AvgIpc) is 2.99. The molecule has 2 aromatic carbocycles. The topological polar surface area (TPSA) is 56.1 Å². The molecular weight excluding hydrogens is 374 g/mol. The highest BCUT2D eigenvalue weighted by molar-refractivity contribution is 6.31. The van der Waals surface area contributed by atoms with Gasteiger partial charge in [0.2, 0.25) is 5.91 Å². The molecule has 6 heteroatoms. The number of hydrogen-bond donors (Lipinski definition) is 1. The van der Waals surface area contributed by atoms with Gasteiger partial charge in [-0.05, 0) is 42.8 Å². The highest BCUT2D eigenvalue weighted by Gasteiger charge is 2.21. The van der Waals surface area contributed by atoms with Crippen molar-refractivity contribution < 1.29 is 9.53 Å². The summed E-state index contributed by atoms with van der Waals surface area (Å²) < 4.78 is 8.00. The number of benzene rings is 2. The first kappa shape index (κ1) is 20.2. The molecule has 3 aromatic rings. The largest absolute Gasteiger partial charge is 0.492 e. The molecule has 5 nitrogen and oxygen atoms in total. The first-order valence-electron chi connectivity index (χ1n) is 9.37. The highest BCUT2D eigenvalue weighted by atomic mass is 35.5. The fourth-order valence-electron chi connectivity index (χ4n) is 2.90. The number of para-hydroxylation sites is 2. The molecule has 0 bridgehead atoms. The molecule has 1 aromatic heterocycles. The lowest BCUT2D eigenvalue weighted by molar-refractivity contribution is -0.128. The maximum Gasteiger partial charge on any atom is 0.225 e. The van der Waals surface area contributed by atoms with Crippen molar-refractivity contribution in [2.75, 3.05) is 6.61 Å². The predicted molar refractivity (Wildman–Crippen MR) is 113 cm³/mol. The second kappa shape index (κ2) is 8.23. The first-order chi connectivity index (χ1) is 13.3. The van der Waals surface area contributed by atoms with Crippen LogP contribution in [0.5, 0.6) is 5.75 Å². The van der Waals surface area contributed by atoms with Crippen LogP contribution in [0.3, 0.4) is 0 Å². The fraction of sp³-hybridized carbons (Fsp3) is 0.364. The second-order valence-corrected chi connectivity index (χ2v) is 8.27. The molecule has 0 saturated carbocycles. The van der Waals surface area contributed by atoms with Gasteiger partial charge in [-0.3, -0.25) is 4.79 Å². The van der Waals surface area contributed by atoms with Crippen molar-refractivity contribution in [1.82, 2.24) is 14.9 Å². The van der Waals surface area contributed by atoms with Crippen LogP contribution in [0.1, 0.15) is 32.2 Å². The Balaban J connectivity index is 1.74. The number of aromatic nitrogens is 2. The summed E-state index contributed by atoms with van der Waals surface area (Å²) in [4.78, 5) is 16.9. The summed E-state index contributed by atoms with van der Waals surface area (Å²) >= 11 is 6.07. The number of carbonyl (C=O) groups is 1. The van der Waals surface area contributed by atoms with E-state index in [2.05, 4.69) is 9.88 Å². The van der Waals surface area contributed by atoms with Gasteiger partial charge in [0.05, 0.1) is 24.1 Å². The minimum absolute atomic E-state index is 0.000930. The van der Waals surface area contributed by atoms with Crippen molar-refractivity contribution >= 4 is 28.5 Å². The normalized spacial score (nSPS) is 11.6. The van der Waals surface area contributed by atoms with E-state index in [9.17, 15) is 4.79 Å². The van der Waals surface area contributed by atoms with Gasteiger partial charge in [-0.2, -0.15) is 0 Å². The van der Waals surface area contributed by atoms with E-state index >= 15 is 0 Å². The number of carbonyl (C=O) groups excluding carboxylic acids is 1. The van der Waals surface area contributed by atoms with Crippen LogP contribution < -0.4 is 10.1 Å². The maximum absolute atomic E-state index is 12.2. The van der Waals surface area contributed by atoms with E-state index in [1.807, 2.05) is 70.2 Å². The lowest BCUT2D eigenvalue weighted by atomic mass is 9.96. The summed E-state index contributed by atoms with van der Waals surface area (Å²) in [7, 11) is 0. The van der Waals surface area contributed by atoms with Gasteiger partial charge in [-0.1, -0.05) is 44.5 Å². The fourth-order valence-corrected chi connectivity index (χ4v) is 3.01. The SMILES string of the molecule is Cc1cc(OCCn2c(CNC(=O)C(C)(C)C)nc3ccccc32)ccc1Cl. The molecule has 148 valence electrons. The van der Waals surface area contributed by atoms with E-state index in [1.165, 1.54) is 0 Å². The summed E-state index contributed by atoms with van der Waals surface area (Å²) in [5, 5.41) is 3.71. The third-order valence-electron chi connectivity index (χ3n) is 4.53. The van der Waals surface area contributed by atoms with Crippen LogP contribution in [-0.2, 0) is 17.9 Å². The lowest BCUT2D eigenvalue weighted by Gasteiger charge is -2.18. The van der Waals surface area contributed by atoms with Gasteiger partial charge >= 0.3 is 0 Å². The molecule has 0 unspecified atom stereocenters. The first-order valence-corrected chi connectivity index (χ1v) is 9.75. The number of amides is 1. The molecule has 0 radical (unpaired) electrons. The second-order valence-electron chi connectivity index (χ2n) is 7.86. The van der Waals surface area contributed by atoms with Crippen LogP contribution in [0.25, 0.3) is 11.0 Å². The molecule has 0 aliphatic rings. The van der Waals surface area contributed by atoms with Crippen molar-refractivity contribution in [3.63, 3.8) is 0 Å².